The number of hydrogen-bond acceptors (Lipinski definition) is 2. The van der Waals surface area contributed by atoms with E-state index >= 15 is 0 Å². The van der Waals surface area contributed by atoms with E-state index in [1.165, 1.54) is 27.8 Å². The number of fused-ring (bicyclic) bond motifs is 2. The molecule has 154 valence electrons. The minimum absolute atomic E-state index is 1.03. The summed E-state index contributed by atoms with van der Waals surface area (Å²) in [5.74, 6) is 0. The van der Waals surface area contributed by atoms with Gasteiger partial charge in [-0.05, 0) is 0 Å². The predicted octanol–water partition coefficient (Wildman–Crippen LogP) is 3.87. The molecule has 1 heterocycles. The van der Waals surface area contributed by atoms with E-state index in [0.29, 0.717) is 0 Å². The molecule has 0 N–H and O–H groups in total. The van der Waals surface area contributed by atoms with Crippen LogP contribution >= 0.6 is 0 Å². The van der Waals surface area contributed by atoms with Crippen LogP contribution in [0.3, 0.4) is 0 Å². The van der Waals surface area contributed by atoms with Gasteiger partial charge in [0, 0.05) is 0 Å². The molecule has 0 aromatic heterocycles. The molecule has 0 saturated carbocycles. The molecule has 3 nitrogen and oxygen atoms in total. The van der Waals surface area contributed by atoms with Gasteiger partial charge in [-0.25, -0.2) is 0 Å². The van der Waals surface area contributed by atoms with Gasteiger partial charge in [-0.2, -0.15) is 0 Å². The third-order valence-electron chi connectivity index (χ3n) is 5.83. The summed E-state index contributed by atoms with van der Waals surface area (Å²) < 4.78 is 18.0. The first kappa shape index (κ1) is 21.0. The number of allylic oxidation sites excluding steroid dienone is 5. The van der Waals surface area contributed by atoms with Crippen LogP contribution in [-0.2, 0) is 3.10 Å². The predicted molar refractivity (Wildman–Crippen MR) is 128 cm³/mol. The first-order valence-electron chi connectivity index (χ1n) is 10.2. The SMILES string of the molecule is Cc1cc(C)c(C2=C3C=CC(=[N+](C)C)C=C3[Te](=O)c3cc(N(C)C)ccc32)c(C)c1. The Morgan fingerprint density at radius 1 is 0.933 bits per heavy atom. The van der Waals surface area contributed by atoms with Crippen molar-refractivity contribution >= 4 is 40.1 Å². The average Bonchev–Trinajstić information content (AvgIpc) is 2.68. The van der Waals surface area contributed by atoms with Crippen LogP contribution < -0.4 is 8.51 Å². The second-order valence-electron chi connectivity index (χ2n) is 8.57. The zero-order valence-corrected chi connectivity index (χ0v) is 21.2. The number of benzene rings is 2. The Balaban J connectivity index is 2.11. The van der Waals surface area contributed by atoms with Crippen molar-refractivity contribution in [2.24, 2.45) is 0 Å². The molecule has 4 heteroatoms. The summed E-state index contributed by atoms with van der Waals surface area (Å²) in [6.07, 6.45) is 6.46. The molecule has 1 aliphatic heterocycles. The van der Waals surface area contributed by atoms with Crippen molar-refractivity contribution in [3.05, 3.63) is 85.6 Å². The van der Waals surface area contributed by atoms with Gasteiger partial charge in [0.25, 0.3) is 0 Å². The van der Waals surface area contributed by atoms with Gasteiger partial charge in [0.05, 0.1) is 0 Å². The molecule has 0 spiro atoms. The maximum absolute atomic E-state index is 13.9. The first-order chi connectivity index (χ1) is 14.2. The molecule has 4 rings (SSSR count). The molecule has 0 atom stereocenters. The Morgan fingerprint density at radius 2 is 1.60 bits per heavy atom. The monoisotopic (exact) mass is 515 g/mol. The molecule has 0 bridgehead atoms. The van der Waals surface area contributed by atoms with Gasteiger partial charge in [-0.3, -0.25) is 0 Å². The van der Waals surface area contributed by atoms with Gasteiger partial charge in [-0.15, -0.1) is 0 Å². The molecule has 0 radical (unpaired) electrons. The number of hydrogen-bond donors (Lipinski definition) is 0. The minimum atomic E-state index is -2.93. The van der Waals surface area contributed by atoms with E-state index in [-0.39, 0.29) is 0 Å². The Morgan fingerprint density at radius 3 is 2.20 bits per heavy atom. The molecule has 2 aromatic carbocycles. The fraction of sp³-hybridized carbons (Fsp3) is 0.269. The van der Waals surface area contributed by atoms with Crippen molar-refractivity contribution in [2.75, 3.05) is 33.1 Å². The van der Waals surface area contributed by atoms with Crippen LogP contribution in [0.15, 0.2) is 57.8 Å². The van der Waals surface area contributed by atoms with E-state index in [9.17, 15) is 3.10 Å². The van der Waals surface area contributed by atoms with Crippen molar-refractivity contribution in [3.8, 4) is 0 Å². The Labute approximate surface area is 186 Å². The second kappa shape index (κ2) is 7.76. The average molecular weight is 513 g/mol. The number of nitrogens with zero attached hydrogens (tertiary/aromatic N) is 2. The van der Waals surface area contributed by atoms with E-state index in [4.69, 9.17) is 0 Å². The Kier molecular flexibility index (Phi) is 5.43. The fourth-order valence-corrected chi connectivity index (χ4v) is 8.49. The molecule has 0 saturated heterocycles. The second-order valence-corrected chi connectivity index (χ2v) is 12.6. The summed E-state index contributed by atoms with van der Waals surface area (Å²) >= 11 is -2.93. The summed E-state index contributed by atoms with van der Waals surface area (Å²) in [6, 6.07) is 11.0. The topological polar surface area (TPSA) is 23.3 Å². The normalized spacial score (nSPS) is 15.7. The van der Waals surface area contributed by atoms with Crippen LogP contribution in [0.5, 0.6) is 0 Å². The van der Waals surface area contributed by atoms with E-state index in [1.54, 1.807) is 0 Å². The molecule has 1 aliphatic carbocycles. The zero-order valence-electron chi connectivity index (χ0n) is 18.8. The first-order valence-corrected chi connectivity index (χ1v) is 13.5. The molecular weight excluding hydrogens is 484 g/mol. The molecule has 2 aromatic rings. The van der Waals surface area contributed by atoms with Crippen molar-refractivity contribution in [1.82, 2.24) is 0 Å². The van der Waals surface area contributed by atoms with Gasteiger partial charge >= 0.3 is 187 Å². The third-order valence-corrected chi connectivity index (χ3v) is 10.0. The van der Waals surface area contributed by atoms with Gasteiger partial charge in [0.1, 0.15) is 0 Å². The summed E-state index contributed by atoms with van der Waals surface area (Å²) in [6.45, 7) is 6.52. The molecule has 30 heavy (non-hydrogen) atoms. The Hall–Kier alpha value is -2.28. The van der Waals surface area contributed by atoms with E-state index in [1.807, 2.05) is 28.2 Å². The van der Waals surface area contributed by atoms with Crippen LogP contribution in [0.4, 0.5) is 5.69 Å². The Bertz CT molecular complexity index is 1200. The molecular formula is C26H29N2OTe+. The molecule has 0 unspecified atom stereocenters. The summed E-state index contributed by atoms with van der Waals surface area (Å²) in [5, 5.41) is 0. The van der Waals surface area contributed by atoms with Crippen molar-refractivity contribution in [2.45, 2.75) is 20.8 Å². The van der Waals surface area contributed by atoms with Crippen LogP contribution in [0.2, 0.25) is 0 Å². The van der Waals surface area contributed by atoms with Gasteiger partial charge in [-0.1, -0.05) is 0 Å². The van der Waals surface area contributed by atoms with Crippen LogP contribution in [0.1, 0.15) is 27.8 Å². The molecule has 0 fully saturated rings. The van der Waals surface area contributed by atoms with Crippen LogP contribution in [0.25, 0.3) is 5.57 Å². The fourth-order valence-electron chi connectivity index (χ4n) is 4.41. The van der Waals surface area contributed by atoms with E-state index in [2.05, 4.69) is 78.8 Å². The van der Waals surface area contributed by atoms with Crippen molar-refractivity contribution in [3.63, 3.8) is 0 Å². The quantitative estimate of drug-likeness (QED) is 0.450. The standard InChI is InChI=1S/C26H29N2OTe/c1-16-12-17(2)25(18(3)13-16)26-21-10-8-19(27(4)5)14-23(21)30(29)24-15-20(28(6)7)9-11-22(24)26/h8-15H,1-7H3/q+1. The summed E-state index contributed by atoms with van der Waals surface area (Å²) in [5.41, 5.74) is 10.8. The number of anilines is 1. The zero-order chi connectivity index (χ0) is 21.7. The summed E-state index contributed by atoms with van der Waals surface area (Å²) in [7, 11) is 8.14. The van der Waals surface area contributed by atoms with Crippen LogP contribution in [0, 0.1) is 20.8 Å². The number of rotatable bonds is 2. The van der Waals surface area contributed by atoms with Crippen molar-refractivity contribution < 1.29 is 7.68 Å². The van der Waals surface area contributed by atoms with E-state index in [0.717, 1.165) is 29.8 Å². The van der Waals surface area contributed by atoms with Gasteiger partial charge in [0.2, 0.25) is 0 Å². The van der Waals surface area contributed by atoms with Gasteiger partial charge < -0.3 is 0 Å². The molecule has 2 aliphatic rings. The molecule has 0 amide bonds. The van der Waals surface area contributed by atoms with Gasteiger partial charge in [0.15, 0.2) is 0 Å². The third kappa shape index (κ3) is 3.43. The number of aryl methyl sites for hydroxylation is 3. The van der Waals surface area contributed by atoms with Crippen molar-refractivity contribution in [1.29, 1.82) is 0 Å². The van der Waals surface area contributed by atoms with Crippen LogP contribution in [-0.4, -0.2) is 58.0 Å². The van der Waals surface area contributed by atoms with E-state index < -0.39 is 19.5 Å². The summed E-state index contributed by atoms with van der Waals surface area (Å²) in [4.78, 5) is 2.08. The maximum atomic E-state index is 13.9.